The molecule has 0 fully saturated rings. The zero-order chi connectivity index (χ0) is 15.8. The Kier molecular flexibility index (Phi) is 4.27. The molecule has 118 valence electrons. The second kappa shape index (κ2) is 5.67. The minimum atomic E-state index is -0.480. The molecule has 6 nitrogen and oxygen atoms in total. The van der Waals surface area contributed by atoms with Crippen molar-refractivity contribution in [1.82, 2.24) is 14.7 Å². The van der Waals surface area contributed by atoms with E-state index in [1.54, 1.807) is 4.90 Å². The van der Waals surface area contributed by atoms with Crippen LogP contribution in [-0.2, 0) is 30.9 Å². The highest BCUT2D eigenvalue weighted by Crippen LogP contribution is 2.28. The normalized spacial score (nSPS) is 14.7. The van der Waals surface area contributed by atoms with Gasteiger partial charge in [0.2, 0.25) is 0 Å². The minimum absolute atomic E-state index is 0.280. The van der Waals surface area contributed by atoms with Crippen LogP contribution in [0.5, 0.6) is 0 Å². The SMILES string of the molecule is CC(C)Cn1nc(CN)c2c1CN(C(=O)OC(C)(C)C)C2. The number of carbonyl (C=O) groups is 1. The van der Waals surface area contributed by atoms with E-state index in [1.807, 2.05) is 25.5 Å². The lowest BCUT2D eigenvalue weighted by molar-refractivity contribution is 0.0237. The molecule has 0 unspecified atom stereocenters. The zero-order valence-electron chi connectivity index (χ0n) is 13.6. The Morgan fingerprint density at radius 1 is 1.38 bits per heavy atom. The van der Waals surface area contributed by atoms with Crippen LogP contribution in [0.1, 0.15) is 51.6 Å². The third kappa shape index (κ3) is 3.56. The van der Waals surface area contributed by atoms with Crippen molar-refractivity contribution in [3.63, 3.8) is 0 Å². The number of fused-ring (bicyclic) bond motifs is 1. The fourth-order valence-corrected chi connectivity index (χ4v) is 2.49. The smallest absolute Gasteiger partial charge is 0.410 e. The second-order valence-electron chi connectivity index (χ2n) is 6.99. The van der Waals surface area contributed by atoms with E-state index in [1.165, 1.54) is 0 Å². The summed E-state index contributed by atoms with van der Waals surface area (Å²) in [6.45, 7) is 12.2. The van der Waals surface area contributed by atoms with Crippen molar-refractivity contribution in [2.24, 2.45) is 11.7 Å². The molecule has 6 heteroatoms. The van der Waals surface area contributed by atoms with Gasteiger partial charge in [-0.15, -0.1) is 0 Å². The summed E-state index contributed by atoms with van der Waals surface area (Å²) < 4.78 is 7.44. The molecule has 1 aliphatic heterocycles. The predicted octanol–water partition coefficient (Wildman–Crippen LogP) is 2.25. The van der Waals surface area contributed by atoms with E-state index in [2.05, 4.69) is 18.9 Å². The summed E-state index contributed by atoms with van der Waals surface area (Å²) in [4.78, 5) is 13.9. The molecule has 0 bridgehead atoms. The minimum Gasteiger partial charge on any atom is -0.444 e. The van der Waals surface area contributed by atoms with Crippen molar-refractivity contribution < 1.29 is 9.53 Å². The molecule has 0 saturated carbocycles. The predicted molar refractivity (Wildman–Crippen MR) is 80.4 cm³/mol. The van der Waals surface area contributed by atoms with Gasteiger partial charge in [0.1, 0.15) is 5.60 Å². The molecule has 2 rings (SSSR count). The number of rotatable bonds is 3. The summed E-state index contributed by atoms with van der Waals surface area (Å²) in [5.74, 6) is 0.496. The van der Waals surface area contributed by atoms with Crippen molar-refractivity contribution in [2.75, 3.05) is 0 Å². The molecule has 2 heterocycles. The number of ether oxygens (including phenoxy) is 1. The Morgan fingerprint density at radius 3 is 2.57 bits per heavy atom. The van der Waals surface area contributed by atoms with Gasteiger partial charge >= 0.3 is 6.09 Å². The fourth-order valence-electron chi connectivity index (χ4n) is 2.49. The second-order valence-corrected chi connectivity index (χ2v) is 6.99. The standard InChI is InChI=1S/C15H26N4O2/c1-10(2)7-19-13-9-18(14(20)21-15(3,4)5)8-11(13)12(6-16)17-19/h10H,6-9,16H2,1-5H3. The molecular formula is C15H26N4O2. The summed E-state index contributed by atoms with van der Waals surface area (Å²) in [5.41, 5.74) is 8.37. The van der Waals surface area contributed by atoms with Crippen LogP contribution in [0.4, 0.5) is 4.79 Å². The number of amides is 1. The van der Waals surface area contributed by atoms with Crippen molar-refractivity contribution in [2.45, 2.75) is 66.4 Å². The number of carbonyl (C=O) groups excluding carboxylic acids is 1. The fraction of sp³-hybridized carbons (Fsp3) is 0.733. The van der Waals surface area contributed by atoms with Gasteiger partial charge < -0.3 is 10.5 Å². The van der Waals surface area contributed by atoms with Gasteiger partial charge in [-0.3, -0.25) is 9.58 Å². The van der Waals surface area contributed by atoms with E-state index in [4.69, 9.17) is 10.5 Å². The van der Waals surface area contributed by atoms with E-state index < -0.39 is 5.60 Å². The summed E-state index contributed by atoms with van der Waals surface area (Å²) >= 11 is 0. The molecule has 1 aliphatic rings. The summed E-state index contributed by atoms with van der Waals surface area (Å²) in [6, 6.07) is 0. The Bertz CT molecular complexity index is 529. The maximum atomic E-state index is 12.2. The highest BCUT2D eigenvalue weighted by molar-refractivity contribution is 5.69. The maximum absolute atomic E-state index is 12.2. The van der Waals surface area contributed by atoms with Crippen LogP contribution in [0, 0.1) is 5.92 Å². The number of aromatic nitrogens is 2. The summed E-state index contributed by atoms with van der Waals surface area (Å²) in [5, 5.41) is 4.57. The lowest BCUT2D eigenvalue weighted by Crippen LogP contribution is -2.34. The number of nitrogens with zero attached hydrogens (tertiary/aromatic N) is 3. The third-order valence-corrected chi connectivity index (χ3v) is 3.32. The largest absolute Gasteiger partial charge is 0.444 e. The third-order valence-electron chi connectivity index (χ3n) is 3.32. The van der Waals surface area contributed by atoms with E-state index >= 15 is 0 Å². The van der Waals surface area contributed by atoms with Crippen LogP contribution in [0.3, 0.4) is 0 Å². The van der Waals surface area contributed by atoms with Gasteiger partial charge in [-0.1, -0.05) is 13.8 Å². The van der Waals surface area contributed by atoms with Crippen LogP contribution in [-0.4, -0.2) is 26.4 Å². The first-order valence-corrected chi connectivity index (χ1v) is 7.46. The highest BCUT2D eigenvalue weighted by Gasteiger charge is 2.32. The van der Waals surface area contributed by atoms with Gasteiger partial charge in [0.05, 0.1) is 24.5 Å². The van der Waals surface area contributed by atoms with Crippen LogP contribution in [0.15, 0.2) is 0 Å². The first-order valence-electron chi connectivity index (χ1n) is 7.46. The molecule has 0 aliphatic carbocycles. The Balaban J connectivity index is 2.17. The lowest BCUT2D eigenvalue weighted by Gasteiger charge is -2.24. The van der Waals surface area contributed by atoms with Crippen LogP contribution in [0.25, 0.3) is 0 Å². The summed E-state index contributed by atoms with van der Waals surface area (Å²) in [6.07, 6.45) is -0.280. The topological polar surface area (TPSA) is 73.4 Å². The van der Waals surface area contributed by atoms with Gasteiger partial charge in [-0.25, -0.2) is 4.79 Å². The van der Waals surface area contributed by atoms with Crippen molar-refractivity contribution in [3.05, 3.63) is 17.0 Å². The summed E-state index contributed by atoms with van der Waals surface area (Å²) in [7, 11) is 0. The highest BCUT2D eigenvalue weighted by atomic mass is 16.6. The van der Waals surface area contributed by atoms with E-state index in [0.29, 0.717) is 25.6 Å². The molecule has 0 atom stereocenters. The van der Waals surface area contributed by atoms with Crippen molar-refractivity contribution in [1.29, 1.82) is 0 Å². The number of hydrogen-bond donors (Lipinski definition) is 1. The van der Waals surface area contributed by atoms with E-state index in [9.17, 15) is 4.79 Å². The van der Waals surface area contributed by atoms with E-state index in [0.717, 1.165) is 23.5 Å². The Labute approximate surface area is 126 Å². The van der Waals surface area contributed by atoms with E-state index in [-0.39, 0.29) is 6.09 Å². The molecule has 0 spiro atoms. The molecule has 1 aromatic rings. The van der Waals surface area contributed by atoms with Gasteiger partial charge in [0, 0.05) is 18.7 Å². The number of hydrogen-bond acceptors (Lipinski definition) is 4. The lowest BCUT2D eigenvalue weighted by atomic mass is 10.2. The maximum Gasteiger partial charge on any atom is 0.410 e. The molecule has 21 heavy (non-hydrogen) atoms. The first kappa shape index (κ1) is 15.8. The molecule has 0 saturated heterocycles. The molecule has 1 aromatic heterocycles. The van der Waals surface area contributed by atoms with Gasteiger partial charge in [0.25, 0.3) is 0 Å². The van der Waals surface area contributed by atoms with Crippen LogP contribution >= 0.6 is 0 Å². The molecule has 1 amide bonds. The first-order chi connectivity index (χ1) is 9.71. The van der Waals surface area contributed by atoms with Crippen LogP contribution < -0.4 is 5.73 Å². The molecule has 0 radical (unpaired) electrons. The van der Waals surface area contributed by atoms with Gasteiger partial charge in [-0.05, 0) is 26.7 Å². The Morgan fingerprint density at radius 2 is 2.05 bits per heavy atom. The average Bonchev–Trinajstić information content (AvgIpc) is 2.87. The molecular weight excluding hydrogens is 268 g/mol. The molecule has 2 N–H and O–H groups in total. The zero-order valence-corrected chi connectivity index (χ0v) is 13.6. The van der Waals surface area contributed by atoms with Crippen molar-refractivity contribution >= 4 is 6.09 Å². The Hall–Kier alpha value is -1.56. The van der Waals surface area contributed by atoms with Crippen molar-refractivity contribution in [3.8, 4) is 0 Å². The number of nitrogens with two attached hydrogens (primary N) is 1. The van der Waals surface area contributed by atoms with Gasteiger partial charge in [0.15, 0.2) is 0 Å². The average molecular weight is 294 g/mol. The molecule has 0 aromatic carbocycles. The van der Waals surface area contributed by atoms with Crippen LogP contribution in [0.2, 0.25) is 0 Å². The van der Waals surface area contributed by atoms with Gasteiger partial charge in [-0.2, -0.15) is 5.10 Å². The monoisotopic (exact) mass is 294 g/mol. The quantitative estimate of drug-likeness (QED) is 0.928.